The molecule has 0 amide bonds. The normalized spacial score (nSPS) is 13.0. The van der Waals surface area contributed by atoms with Crippen molar-refractivity contribution in [3.63, 3.8) is 0 Å². The number of nitrogens with one attached hydrogen (secondary N) is 1. The molecule has 2 nitrogen and oxygen atoms in total. The van der Waals surface area contributed by atoms with E-state index < -0.39 is 12.6 Å². The van der Waals surface area contributed by atoms with Gasteiger partial charge in [-0.05, 0) is 78.3 Å². The minimum absolute atomic E-state index is 0.00182. The Balaban J connectivity index is 2.43. The van der Waals surface area contributed by atoms with Crippen LogP contribution in [0, 0.1) is 0 Å². The van der Waals surface area contributed by atoms with E-state index in [2.05, 4.69) is 43.1 Å². The molecule has 0 aromatic heterocycles. The topological polar surface area (TPSA) is 15.3 Å². The highest BCUT2D eigenvalue weighted by Gasteiger charge is 2.27. The van der Waals surface area contributed by atoms with Gasteiger partial charge in [0.05, 0.1) is 6.04 Å². The molecule has 234 valence electrons. The monoisotopic (exact) mass is 612 g/mol. The van der Waals surface area contributed by atoms with Crippen molar-refractivity contribution in [3.05, 3.63) is 114 Å². The molecular weight excluding hydrogens is 565 g/mol. The maximum atomic E-state index is 13.2. The molecule has 1 N–H and O–H groups in total. The number of likely N-dealkylation sites (N-methyl/N-ethyl adjacent to an activating group) is 1. The highest BCUT2D eigenvalue weighted by atomic mass is 35.5. The van der Waals surface area contributed by atoms with Crippen molar-refractivity contribution >= 4 is 28.4 Å². The molecule has 0 aliphatic rings. The van der Waals surface area contributed by atoms with Crippen LogP contribution < -0.4 is 5.32 Å². The number of benzene rings is 2. The molecule has 2 rings (SSSR count). The standard InChI is InChI=1S/C37H48ClF3N2/c1-8-11-12-13-14-16-36(28(6)42-33-21-18-30(19-22-33)27(4)5)43(7)26-29(10-3)34(15-9-2)35-25-32(38)20-17-31(35)23-24-37(39,40)41/h9,15,17-22,25-26,36,42H,2,4,6,8,10-14,16,23-24H2,1,3,5,7H3/b29-26-,34-15+. The molecule has 0 fully saturated rings. The van der Waals surface area contributed by atoms with Crippen LogP contribution in [0.2, 0.25) is 5.02 Å². The van der Waals surface area contributed by atoms with E-state index in [0.717, 1.165) is 52.9 Å². The first-order valence-corrected chi connectivity index (χ1v) is 15.6. The minimum Gasteiger partial charge on any atom is -0.372 e. The first-order valence-electron chi connectivity index (χ1n) is 15.2. The lowest BCUT2D eigenvalue weighted by Crippen LogP contribution is -2.32. The van der Waals surface area contributed by atoms with Gasteiger partial charge < -0.3 is 10.2 Å². The Morgan fingerprint density at radius 3 is 2.28 bits per heavy atom. The van der Waals surface area contributed by atoms with Crippen LogP contribution in [-0.2, 0) is 6.42 Å². The van der Waals surface area contributed by atoms with Gasteiger partial charge in [0.1, 0.15) is 0 Å². The summed E-state index contributed by atoms with van der Waals surface area (Å²) >= 11 is 6.36. The molecule has 43 heavy (non-hydrogen) atoms. The smallest absolute Gasteiger partial charge is 0.372 e. The van der Waals surface area contributed by atoms with Crippen molar-refractivity contribution in [2.75, 3.05) is 12.4 Å². The highest BCUT2D eigenvalue weighted by molar-refractivity contribution is 6.30. The molecule has 1 atom stereocenters. The summed E-state index contributed by atoms with van der Waals surface area (Å²) in [5, 5.41) is 3.99. The van der Waals surface area contributed by atoms with Gasteiger partial charge in [0.2, 0.25) is 0 Å². The lowest BCUT2D eigenvalue weighted by Gasteiger charge is -2.31. The summed E-state index contributed by atoms with van der Waals surface area (Å²) < 4.78 is 39.5. The van der Waals surface area contributed by atoms with E-state index in [9.17, 15) is 13.2 Å². The summed E-state index contributed by atoms with van der Waals surface area (Å²) in [6, 6.07) is 13.3. The molecule has 2 aromatic rings. The van der Waals surface area contributed by atoms with Crippen LogP contribution >= 0.6 is 11.6 Å². The Kier molecular flexibility index (Phi) is 14.9. The van der Waals surface area contributed by atoms with E-state index in [4.69, 9.17) is 11.6 Å². The molecule has 0 heterocycles. The number of hydrogen-bond donors (Lipinski definition) is 1. The largest absolute Gasteiger partial charge is 0.389 e. The molecule has 0 aliphatic heterocycles. The van der Waals surface area contributed by atoms with Gasteiger partial charge in [-0.1, -0.05) is 113 Å². The number of anilines is 1. The fourth-order valence-electron chi connectivity index (χ4n) is 5.14. The Bertz CT molecular complexity index is 1270. The molecule has 0 saturated carbocycles. The molecule has 0 saturated heterocycles. The van der Waals surface area contributed by atoms with Gasteiger partial charge in [-0.15, -0.1) is 0 Å². The number of halogens is 4. The number of nitrogens with zero attached hydrogens (tertiary/aromatic N) is 1. The minimum atomic E-state index is -4.24. The number of allylic oxidation sites excluding steroid dienone is 5. The molecule has 6 heteroatoms. The first kappa shape index (κ1) is 36.0. The Morgan fingerprint density at radius 1 is 1.02 bits per heavy atom. The summed E-state index contributed by atoms with van der Waals surface area (Å²) in [6.07, 6.45) is 7.77. The van der Waals surface area contributed by atoms with E-state index in [0.29, 0.717) is 22.6 Å². The summed E-state index contributed by atoms with van der Waals surface area (Å²) in [5.41, 5.74) is 7.05. The molecule has 0 radical (unpaired) electrons. The van der Waals surface area contributed by atoms with E-state index in [-0.39, 0.29) is 12.5 Å². The van der Waals surface area contributed by atoms with Gasteiger partial charge in [-0.3, -0.25) is 0 Å². The molecule has 0 aliphatic carbocycles. The Hall–Kier alpha value is -3.18. The zero-order valence-electron chi connectivity index (χ0n) is 26.3. The lowest BCUT2D eigenvalue weighted by molar-refractivity contribution is -0.134. The number of rotatable bonds is 18. The third-order valence-corrected chi connectivity index (χ3v) is 7.80. The van der Waals surface area contributed by atoms with Crippen molar-refractivity contribution in [1.29, 1.82) is 0 Å². The van der Waals surface area contributed by atoms with Crippen LogP contribution in [0.3, 0.4) is 0 Å². The third-order valence-electron chi connectivity index (χ3n) is 7.57. The predicted molar refractivity (Wildman–Crippen MR) is 181 cm³/mol. The molecule has 0 bridgehead atoms. The second kappa shape index (κ2) is 17.8. The Morgan fingerprint density at radius 2 is 1.70 bits per heavy atom. The van der Waals surface area contributed by atoms with Crippen molar-refractivity contribution in [2.45, 2.75) is 90.8 Å². The number of alkyl halides is 3. The molecule has 0 spiro atoms. The van der Waals surface area contributed by atoms with Crippen LogP contribution in [0.4, 0.5) is 18.9 Å². The molecule has 1 unspecified atom stereocenters. The van der Waals surface area contributed by atoms with Gasteiger partial charge in [0, 0.05) is 36.1 Å². The van der Waals surface area contributed by atoms with Crippen LogP contribution in [-0.4, -0.2) is 24.2 Å². The zero-order valence-corrected chi connectivity index (χ0v) is 27.1. The fourth-order valence-corrected chi connectivity index (χ4v) is 5.31. The van der Waals surface area contributed by atoms with Crippen molar-refractivity contribution in [2.24, 2.45) is 0 Å². The maximum absolute atomic E-state index is 13.2. The summed E-state index contributed by atoms with van der Waals surface area (Å²) in [7, 11) is 2.04. The summed E-state index contributed by atoms with van der Waals surface area (Å²) in [4.78, 5) is 2.17. The molecular formula is C37H48ClF3N2. The van der Waals surface area contributed by atoms with Gasteiger partial charge in [0.15, 0.2) is 0 Å². The quantitative estimate of drug-likeness (QED) is 0.133. The van der Waals surface area contributed by atoms with Crippen LogP contribution in [0.25, 0.3) is 11.1 Å². The van der Waals surface area contributed by atoms with Crippen LogP contribution in [0.15, 0.2) is 91.8 Å². The first-order chi connectivity index (χ1) is 20.4. The lowest BCUT2D eigenvalue weighted by atomic mass is 9.90. The van der Waals surface area contributed by atoms with Crippen molar-refractivity contribution in [3.8, 4) is 0 Å². The third kappa shape index (κ3) is 12.1. The van der Waals surface area contributed by atoms with E-state index >= 15 is 0 Å². The summed E-state index contributed by atoms with van der Waals surface area (Å²) in [5.74, 6) is 0. The van der Waals surface area contributed by atoms with Gasteiger partial charge in [-0.2, -0.15) is 13.2 Å². The van der Waals surface area contributed by atoms with E-state index in [1.807, 2.05) is 51.2 Å². The second-order valence-corrected chi connectivity index (χ2v) is 11.6. The van der Waals surface area contributed by atoms with E-state index in [1.165, 1.54) is 19.3 Å². The second-order valence-electron chi connectivity index (χ2n) is 11.1. The number of unbranched alkanes of at least 4 members (excludes halogenated alkanes) is 4. The predicted octanol–water partition coefficient (Wildman–Crippen LogP) is 12.0. The number of hydrogen-bond acceptors (Lipinski definition) is 2. The highest BCUT2D eigenvalue weighted by Crippen LogP contribution is 2.34. The number of aryl methyl sites for hydroxylation is 1. The van der Waals surface area contributed by atoms with Gasteiger partial charge in [-0.25, -0.2) is 0 Å². The van der Waals surface area contributed by atoms with Crippen LogP contribution in [0.1, 0.15) is 88.8 Å². The average molecular weight is 613 g/mol. The summed E-state index contributed by atoms with van der Waals surface area (Å²) in [6.45, 7) is 18.6. The van der Waals surface area contributed by atoms with Crippen molar-refractivity contribution < 1.29 is 13.2 Å². The zero-order chi connectivity index (χ0) is 32.0. The molecule has 2 aromatic carbocycles. The van der Waals surface area contributed by atoms with Gasteiger partial charge >= 0.3 is 6.18 Å². The Labute approximate surface area is 262 Å². The average Bonchev–Trinajstić information content (AvgIpc) is 2.95. The maximum Gasteiger partial charge on any atom is 0.389 e. The fraction of sp³-hybridized carbons (Fsp3) is 0.405. The van der Waals surface area contributed by atoms with Gasteiger partial charge in [0.25, 0.3) is 0 Å². The van der Waals surface area contributed by atoms with E-state index in [1.54, 1.807) is 24.3 Å². The SMILES string of the molecule is C=C/C=C(\C(=C/N(C)C(CCCCCCC)C(=C)Nc1ccc(C(=C)C)cc1)CC)c1cc(Cl)ccc1CCC(F)(F)F. The van der Waals surface area contributed by atoms with Crippen LogP contribution in [0.5, 0.6) is 0 Å². The van der Waals surface area contributed by atoms with Crippen molar-refractivity contribution in [1.82, 2.24) is 4.90 Å².